The number of carbonyl (C=O) groups excluding carboxylic acids is 1. The topological polar surface area (TPSA) is 67.6 Å². The SMILES string of the molecule is COc1cccc(C(=O)Nc2cc(N3CCC(C)CC3)c(C)cc2N)c1. The second kappa shape index (κ2) is 7.68. The van der Waals surface area contributed by atoms with Crippen molar-refractivity contribution < 1.29 is 9.53 Å². The fourth-order valence-corrected chi connectivity index (χ4v) is 3.38. The molecule has 5 heteroatoms. The molecule has 0 radical (unpaired) electrons. The maximum absolute atomic E-state index is 12.6. The van der Waals surface area contributed by atoms with Gasteiger partial charge in [-0.2, -0.15) is 0 Å². The number of aryl methyl sites for hydroxylation is 1. The molecule has 0 saturated carbocycles. The van der Waals surface area contributed by atoms with Crippen molar-refractivity contribution in [3.63, 3.8) is 0 Å². The molecule has 0 atom stereocenters. The van der Waals surface area contributed by atoms with Gasteiger partial charge in [0, 0.05) is 24.3 Å². The molecular weight excluding hydrogens is 326 g/mol. The van der Waals surface area contributed by atoms with Crippen LogP contribution in [-0.2, 0) is 0 Å². The van der Waals surface area contributed by atoms with E-state index in [2.05, 4.69) is 24.1 Å². The van der Waals surface area contributed by atoms with Gasteiger partial charge in [-0.05, 0) is 61.6 Å². The van der Waals surface area contributed by atoms with Crippen LogP contribution in [0.2, 0.25) is 0 Å². The number of carbonyl (C=O) groups is 1. The number of methoxy groups -OCH3 is 1. The number of nitrogens with two attached hydrogens (primary N) is 1. The zero-order chi connectivity index (χ0) is 18.7. The number of hydrogen-bond acceptors (Lipinski definition) is 4. The fourth-order valence-electron chi connectivity index (χ4n) is 3.38. The van der Waals surface area contributed by atoms with Gasteiger partial charge in [0.15, 0.2) is 0 Å². The zero-order valence-corrected chi connectivity index (χ0v) is 15.7. The molecule has 2 aromatic carbocycles. The smallest absolute Gasteiger partial charge is 0.255 e. The normalized spacial score (nSPS) is 15.0. The van der Waals surface area contributed by atoms with E-state index in [0.717, 1.165) is 30.3 Å². The largest absolute Gasteiger partial charge is 0.497 e. The van der Waals surface area contributed by atoms with Gasteiger partial charge >= 0.3 is 0 Å². The highest BCUT2D eigenvalue weighted by molar-refractivity contribution is 6.06. The van der Waals surface area contributed by atoms with E-state index in [-0.39, 0.29) is 5.91 Å². The van der Waals surface area contributed by atoms with Crippen molar-refractivity contribution in [2.45, 2.75) is 26.7 Å². The molecule has 3 N–H and O–H groups in total. The Hall–Kier alpha value is -2.69. The first-order valence-electron chi connectivity index (χ1n) is 9.08. The van der Waals surface area contributed by atoms with E-state index in [1.54, 1.807) is 25.3 Å². The highest BCUT2D eigenvalue weighted by atomic mass is 16.5. The predicted octanol–water partition coefficient (Wildman–Crippen LogP) is 4.07. The summed E-state index contributed by atoms with van der Waals surface area (Å²) >= 11 is 0. The number of nitrogens with zero attached hydrogens (tertiary/aromatic N) is 1. The first kappa shape index (κ1) is 18.1. The summed E-state index contributed by atoms with van der Waals surface area (Å²) in [5.74, 6) is 1.22. The molecule has 1 heterocycles. The summed E-state index contributed by atoms with van der Waals surface area (Å²) in [5.41, 5.74) is 10.2. The molecule has 138 valence electrons. The zero-order valence-electron chi connectivity index (χ0n) is 15.7. The van der Waals surface area contributed by atoms with Gasteiger partial charge in [0.1, 0.15) is 5.75 Å². The highest BCUT2D eigenvalue weighted by Gasteiger charge is 2.19. The third-order valence-electron chi connectivity index (χ3n) is 5.07. The second-order valence-electron chi connectivity index (χ2n) is 7.08. The molecule has 0 aliphatic carbocycles. The quantitative estimate of drug-likeness (QED) is 0.813. The van der Waals surface area contributed by atoms with Gasteiger partial charge in [0.05, 0.1) is 18.5 Å². The summed E-state index contributed by atoms with van der Waals surface area (Å²) in [4.78, 5) is 15.0. The van der Waals surface area contributed by atoms with E-state index in [0.29, 0.717) is 22.7 Å². The van der Waals surface area contributed by atoms with Crippen LogP contribution < -0.4 is 20.7 Å². The Morgan fingerprint density at radius 2 is 1.96 bits per heavy atom. The molecule has 1 aliphatic rings. The standard InChI is InChI=1S/C21H27N3O2/c1-14-7-9-24(10-8-14)20-13-19(18(22)11-15(20)2)23-21(25)16-5-4-6-17(12-16)26-3/h4-6,11-14H,7-10,22H2,1-3H3,(H,23,25). The van der Waals surface area contributed by atoms with Crippen LogP contribution in [0.25, 0.3) is 0 Å². The molecule has 5 nitrogen and oxygen atoms in total. The minimum absolute atomic E-state index is 0.197. The van der Waals surface area contributed by atoms with Crippen LogP contribution in [0.1, 0.15) is 35.7 Å². The average Bonchev–Trinajstić information content (AvgIpc) is 2.64. The number of nitrogens with one attached hydrogen (secondary N) is 1. The number of piperidine rings is 1. The molecule has 0 spiro atoms. The van der Waals surface area contributed by atoms with E-state index in [9.17, 15) is 4.79 Å². The number of rotatable bonds is 4. The molecule has 1 amide bonds. The predicted molar refractivity (Wildman–Crippen MR) is 107 cm³/mol. The summed E-state index contributed by atoms with van der Waals surface area (Å²) in [7, 11) is 1.58. The van der Waals surface area contributed by atoms with Gasteiger partial charge < -0.3 is 20.7 Å². The van der Waals surface area contributed by atoms with Crippen molar-refractivity contribution in [2.24, 2.45) is 5.92 Å². The molecular formula is C21H27N3O2. The van der Waals surface area contributed by atoms with Crippen LogP contribution in [-0.4, -0.2) is 26.1 Å². The number of ether oxygens (including phenoxy) is 1. The highest BCUT2D eigenvalue weighted by Crippen LogP contribution is 2.32. The Labute approximate surface area is 155 Å². The fraction of sp³-hybridized carbons (Fsp3) is 0.381. The maximum atomic E-state index is 12.6. The number of hydrogen-bond donors (Lipinski definition) is 2. The Balaban J connectivity index is 1.83. The first-order chi connectivity index (χ1) is 12.5. The minimum Gasteiger partial charge on any atom is -0.497 e. The first-order valence-corrected chi connectivity index (χ1v) is 9.08. The van der Waals surface area contributed by atoms with Crippen LogP contribution in [0.15, 0.2) is 36.4 Å². The van der Waals surface area contributed by atoms with E-state index in [1.807, 2.05) is 18.2 Å². The number of benzene rings is 2. The summed E-state index contributed by atoms with van der Waals surface area (Å²) in [6.07, 6.45) is 2.38. The lowest BCUT2D eigenvalue weighted by Gasteiger charge is -2.33. The van der Waals surface area contributed by atoms with Crippen molar-refractivity contribution in [3.8, 4) is 5.75 Å². The summed E-state index contributed by atoms with van der Waals surface area (Å²) in [6.45, 7) is 6.44. The van der Waals surface area contributed by atoms with Crippen molar-refractivity contribution >= 4 is 23.0 Å². The molecule has 1 saturated heterocycles. The van der Waals surface area contributed by atoms with Crippen molar-refractivity contribution in [2.75, 3.05) is 36.1 Å². The van der Waals surface area contributed by atoms with Gasteiger partial charge in [0.25, 0.3) is 5.91 Å². The van der Waals surface area contributed by atoms with Crippen LogP contribution in [0.5, 0.6) is 5.75 Å². The van der Waals surface area contributed by atoms with Gasteiger partial charge in [-0.3, -0.25) is 4.79 Å². The lowest BCUT2D eigenvalue weighted by Crippen LogP contribution is -2.33. The monoisotopic (exact) mass is 353 g/mol. The third kappa shape index (κ3) is 3.93. The Bertz CT molecular complexity index is 796. The summed E-state index contributed by atoms with van der Waals surface area (Å²) in [5, 5.41) is 2.95. The second-order valence-corrected chi connectivity index (χ2v) is 7.08. The number of amides is 1. The molecule has 0 bridgehead atoms. The third-order valence-corrected chi connectivity index (χ3v) is 5.07. The van der Waals surface area contributed by atoms with Gasteiger partial charge in [-0.15, -0.1) is 0 Å². The van der Waals surface area contributed by atoms with Gasteiger partial charge in [-0.1, -0.05) is 13.0 Å². The molecule has 3 rings (SSSR count). The number of nitrogen functional groups attached to an aromatic ring is 1. The van der Waals surface area contributed by atoms with E-state index < -0.39 is 0 Å². The summed E-state index contributed by atoms with van der Waals surface area (Å²) < 4.78 is 5.19. The van der Waals surface area contributed by atoms with Crippen molar-refractivity contribution in [3.05, 3.63) is 47.5 Å². The molecule has 1 fully saturated rings. The Morgan fingerprint density at radius 1 is 1.23 bits per heavy atom. The van der Waals surface area contributed by atoms with Crippen molar-refractivity contribution in [1.82, 2.24) is 0 Å². The van der Waals surface area contributed by atoms with Crippen LogP contribution in [0, 0.1) is 12.8 Å². The Kier molecular flexibility index (Phi) is 5.35. The van der Waals surface area contributed by atoms with Gasteiger partial charge in [-0.25, -0.2) is 0 Å². The van der Waals surface area contributed by atoms with Crippen molar-refractivity contribution in [1.29, 1.82) is 0 Å². The molecule has 26 heavy (non-hydrogen) atoms. The van der Waals surface area contributed by atoms with E-state index in [4.69, 9.17) is 10.5 Å². The maximum Gasteiger partial charge on any atom is 0.255 e. The average molecular weight is 353 g/mol. The van der Waals surface area contributed by atoms with E-state index in [1.165, 1.54) is 12.8 Å². The minimum atomic E-state index is -0.197. The van der Waals surface area contributed by atoms with Crippen LogP contribution in [0.3, 0.4) is 0 Å². The van der Waals surface area contributed by atoms with Crippen LogP contribution in [0.4, 0.5) is 17.1 Å². The molecule has 0 aromatic heterocycles. The lowest BCUT2D eigenvalue weighted by atomic mass is 9.98. The lowest BCUT2D eigenvalue weighted by molar-refractivity contribution is 0.102. The Morgan fingerprint density at radius 3 is 2.65 bits per heavy atom. The van der Waals surface area contributed by atoms with Gasteiger partial charge in [0.2, 0.25) is 0 Å². The molecule has 0 unspecified atom stereocenters. The van der Waals surface area contributed by atoms with Crippen LogP contribution >= 0.6 is 0 Å². The van der Waals surface area contributed by atoms with E-state index >= 15 is 0 Å². The molecule has 2 aromatic rings. The molecule has 1 aliphatic heterocycles. The summed E-state index contributed by atoms with van der Waals surface area (Å²) in [6, 6.07) is 11.0. The number of anilines is 3.